The lowest BCUT2D eigenvalue weighted by Gasteiger charge is -2.13. The van der Waals surface area contributed by atoms with Crippen LogP contribution < -0.4 is 0 Å². The summed E-state index contributed by atoms with van der Waals surface area (Å²) in [5.41, 5.74) is 8.57. The molecule has 3 aromatic heterocycles. The van der Waals surface area contributed by atoms with Crippen LogP contribution in [0, 0.1) is 13.8 Å². The number of aromatic nitrogens is 5. The first-order chi connectivity index (χ1) is 19.6. The van der Waals surface area contributed by atoms with E-state index in [4.69, 9.17) is 24.9 Å². The molecule has 0 radical (unpaired) electrons. The number of hydrogen-bond donors (Lipinski definition) is 0. The Morgan fingerprint density at radius 3 is 1.70 bits per heavy atom. The van der Waals surface area contributed by atoms with Crippen molar-refractivity contribution in [2.75, 3.05) is 0 Å². The lowest BCUT2D eigenvalue weighted by molar-refractivity contribution is 1.07. The molecule has 4 aromatic carbocycles. The van der Waals surface area contributed by atoms with Gasteiger partial charge >= 0.3 is 0 Å². The molecule has 7 aromatic rings. The second-order valence-electron chi connectivity index (χ2n) is 9.89. The predicted octanol–water partition coefficient (Wildman–Crippen LogP) is 8.25. The molecule has 0 bridgehead atoms. The van der Waals surface area contributed by atoms with Gasteiger partial charge in [0.05, 0.1) is 16.7 Å². The fourth-order valence-corrected chi connectivity index (χ4v) is 5.19. The molecule has 0 aliphatic rings. The van der Waals surface area contributed by atoms with E-state index in [1.54, 1.807) is 0 Å². The summed E-state index contributed by atoms with van der Waals surface area (Å²) in [5, 5.41) is 2.18. The molecule has 0 fully saturated rings. The van der Waals surface area contributed by atoms with Gasteiger partial charge in [-0.2, -0.15) is 0 Å². The number of benzene rings is 4. The van der Waals surface area contributed by atoms with Gasteiger partial charge in [-0.3, -0.25) is 4.98 Å². The lowest BCUT2D eigenvalue weighted by atomic mass is 10.0. The van der Waals surface area contributed by atoms with Crippen LogP contribution in [0.1, 0.15) is 11.3 Å². The molecule has 40 heavy (non-hydrogen) atoms. The molecule has 5 nitrogen and oxygen atoms in total. The van der Waals surface area contributed by atoms with Crippen LogP contribution in [0.15, 0.2) is 115 Å². The van der Waals surface area contributed by atoms with Crippen LogP contribution >= 0.6 is 0 Å². The highest BCUT2D eigenvalue weighted by molar-refractivity contribution is 6.04. The van der Waals surface area contributed by atoms with Crippen LogP contribution in [0.4, 0.5) is 0 Å². The first-order valence-electron chi connectivity index (χ1n) is 13.3. The largest absolute Gasteiger partial charge is 0.251 e. The molecule has 0 N–H and O–H groups in total. The molecular formula is C35H25N5. The summed E-state index contributed by atoms with van der Waals surface area (Å²) in [7, 11) is 0. The molecule has 0 atom stereocenters. The van der Waals surface area contributed by atoms with E-state index in [1.807, 2.05) is 79.7 Å². The van der Waals surface area contributed by atoms with E-state index in [0.29, 0.717) is 17.5 Å². The topological polar surface area (TPSA) is 64.5 Å². The van der Waals surface area contributed by atoms with Crippen molar-refractivity contribution in [2.45, 2.75) is 13.8 Å². The van der Waals surface area contributed by atoms with Gasteiger partial charge in [-0.25, -0.2) is 19.9 Å². The maximum Gasteiger partial charge on any atom is 0.164 e. The first-order valence-corrected chi connectivity index (χ1v) is 13.3. The van der Waals surface area contributed by atoms with Crippen molar-refractivity contribution < 1.29 is 0 Å². The van der Waals surface area contributed by atoms with Crippen molar-refractivity contribution in [1.29, 1.82) is 0 Å². The van der Waals surface area contributed by atoms with Gasteiger partial charge in [-0.1, -0.05) is 103 Å². The van der Waals surface area contributed by atoms with Gasteiger partial charge in [0.15, 0.2) is 17.5 Å². The van der Waals surface area contributed by atoms with Crippen molar-refractivity contribution in [3.8, 4) is 45.4 Å². The normalized spacial score (nSPS) is 11.2. The predicted molar refractivity (Wildman–Crippen MR) is 162 cm³/mol. The van der Waals surface area contributed by atoms with Crippen LogP contribution in [-0.4, -0.2) is 24.9 Å². The molecule has 0 saturated carbocycles. The summed E-state index contributed by atoms with van der Waals surface area (Å²) in [5.74, 6) is 1.87. The summed E-state index contributed by atoms with van der Waals surface area (Å²) in [6.45, 7) is 4.15. The number of rotatable bonds is 4. The zero-order chi connectivity index (χ0) is 27.1. The van der Waals surface area contributed by atoms with E-state index in [1.165, 1.54) is 5.56 Å². The Bertz CT molecular complexity index is 1960. The third kappa shape index (κ3) is 4.28. The Balaban J connectivity index is 1.45. The molecule has 0 amide bonds. The van der Waals surface area contributed by atoms with Crippen molar-refractivity contribution in [1.82, 2.24) is 24.9 Å². The molecule has 0 aliphatic heterocycles. The van der Waals surface area contributed by atoms with Crippen LogP contribution in [-0.2, 0) is 0 Å². The molecule has 0 spiro atoms. The van der Waals surface area contributed by atoms with Crippen molar-refractivity contribution in [3.05, 3.63) is 127 Å². The molecule has 190 valence electrons. The lowest BCUT2D eigenvalue weighted by Crippen LogP contribution is -2.01. The average molecular weight is 516 g/mol. The standard InChI is InChI=1S/C35H25N5/c1-22-21-23(2)36-32-27(22)19-17-24-18-20-30(37-31(24)32)28-15-9-10-16-29(28)35-39-33(25-11-5-3-6-12-25)38-34(40-35)26-13-7-4-8-14-26/h3-21H,1-2H3. The van der Waals surface area contributed by atoms with E-state index >= 15 is 0 Å². The van der Waals surface area contributed by atoms with E-state index in [9.17, 15) is 0 Å². The minimum Gasteiger partial charge on any atom is -0.251 e. The van der Waals surface area contributed by atoms with Crippen molar-refractivity contribution in [2.24, 2.45) is 0 Å². The second-order valence-corrected chi connectivity index (χ2v) is 9.89. The fraction of sp³-hybridized carbons (Fsp3) is 0.0571. The number of pyridine rings is 2. The molecule has 0 saturated heterocycles. The van der Waals surface area contributed by atoms with Gasteiger partial charge in [0.1, 0.15) is 0 Å². The molecule has 3 heterocycles. The minimum atomic E-state index is 0.605. The second kappa shape index (κ2) is 9.79. The van der Waals surface area contributed by atoms with Crippen LogP contribution in [0.2, 0.25) is 0 Å². The Hall–Kier alpha value is -5.29. The van der Waals surface area contributed by atoms with Crippen LogP contribution in [0.3, 0.4) is 0 Å². The third-order valence-electron chi connectivity index (χ3n) is 7.12. The zero-order valence-corrected chi connectivity index (χ0v) is 22.2. The maximum atomic E-state index is 5.17. The highest BCUT2D eigenvalue weighted by Crippen LogP contribution is 2.34. The Kier molecular flexibility index (Phi) is 5.82. The summed E-state index contributed by atoms with van der Waals surface area (Å²) >= 11 is 0. The number of hydrogen-bond acceptors (Lipinski definition) is 5. The number of nitrogens with zero attached hydrogens (tertiary/aromatic N) is 5. The fourth-order valence-electron chi connectivity index (χ4n) is 5.19. The van der Waals surface area contributed by atoms with Gasteiger partial charge in [0.25, 0.3) is 0 Å². The smallest absolute Gasteiger partial charge is 0.164 e. The zero-order valence-electron chi connectivity index (χ0n) is 22.2. The van der Waals surface area contributed by atoms with E-state index in [0.717, 1.165) is 55.4 Å². The van der Waals surface area contributed by atoms with Crippen LogP contribution in [0.25, 0.3) is 67.2 Å². The Morgan fingerprint density at radius 2 is 1.02 bits per heavy atom. The molecule has 5 heteroatoms. The van der Waals surface area contributed by atoms with Gasteiger partial charge < -0.3 is 0 Å². The summed E-state index contributed by atoms with van der Waals surface area (Å²) in [6, 6.07) is 38.8. The monoisotopic (exact) mass is 515 g/mol. The van der Waals surface area contributed by atoms with E-state index in [-0.39, 0.29) is 0 Å². The summed E-state index contributed by atoms with van der Waals surface area (Å²) in [6.07, 6.45) is 0. The van der Waals surface area contributed by atoms with Gasteiger partial charge in [-0.15, -0.1) is 0 Å². The molecule has 7 rings (SSSR count). The summed E-state index contributed by atoms with van der Waals surface area (Å²) in [4.78, 5) is 24.8. The van der Waals surface area contributed by atoms with Crippen molar-refractivity contribution in [3.63, 3.8) is 0 Å². The molecule has 0 aliphatic carbocycles. The minimum absolute atomic E-state index is 0.605. The molecule has 0 unspecified atom stereocenters. The van der Waals surface area contributed by atoms with Crippen molar-refractivity contribution >= 4 is 21.8 Å². The van der Waals surface area contributed by atoms with Gasteiger partial charge in [0, 0.05) is 38.7 Å². The Labute approximate surface area is 232 Å². The van der Waals surface area contributed by atoms with Crippen LogP contribution in [0.5, 0.6) is 0 Å². The summed E-state index contributed by atoms with van der Waals surface area (Å²) < 4.78 is 0. The van der Waals surface area contributed by atoms with Gasteiger partial charge in [-0.05, 0) is 31.5 Å². The quantitative estimate of drug-likeness (QED) is 0.221. The third-order valence-corrected chi connectivity index (χ3v) is 7.12. The molecular weight excluding hydrogens is 490 g/mol. The maximum absolute atomic E-state index is 5.17. The Morgan fingerprint density at radius 1 is 0.450 bits per heavy atom. The van der Waals surface area contributed by atoms with Gasteiger partial charge in [0.2, 0.25) is 0 Å². The average Bonchev–Trinajstić information content (AvgIpc) is 3.01. The highest BCUT2D eigenvalue weighted by atomic mass is 15.0. The highest BCUT2D eigenvalue weighted by Gasteiger charge is 2.17. The SMILES string of the molecule is Cc1cc(C)c2ccc3ccc(-c4ccccc4-c4nc(-c5ccccc5)nc(-c5ccccc5)n4)nc3c2n1. The van der Waals surface area contributed by atoms with E-state index < -0.39 is 0 Å². The van der Waals surface area contributed by atoms with E-state index in [2.05, 4.69) is 49.4 Å². The number of aryl methyl sites for hydroxylation is 2. The number of fused-ring (bicyclic) bond motifs is 3. The first kappa shape index (κ1) is 23.8.